The molecule has 0 N–H and O–H groups in total. The van der Waals surface area contributed by atoms with Crippen LogP contribution in [-0.2, 0) is 9.53 Å². The van der Waals surface area contributed by atoms with Gasteiger partial charge in [-0.15, -0.1) is 11.3 Å². The summed E-state index contributed by atoms with van der Waals surface area (Å²) in [6.45, 7) is 0. The second-order valence-electron chi connectivity index (χ2n) is 3.70. The molecule has 0 amide bonds. The van der Waals surface area contributed by atoms with Gasteiger partial charge in [0.1, 0.15) is 0 Å². The molecule has 3 nitrogen and oxygen atoms in total. The summed E-state index contributed by atoms with van der Waals surface area (Å²) in [5, 5.41) is 0. The lowest BCUT2D eigenvalue weighted by molar-refractivity contribution is -0.134. The van der Waals surface area contributed by atoms with Gasteiger partial charge in [0.05, 0.1) is 12.0 Å². The molecule has 0 atom stereocenters. The molecule has 1 aliphatic rings. The molecule has 1 heterocycles. The molecule has 84 valence electrons. The van der Waals surface area contributed by atoms with Crippen molar-refractivity contribution in [3.8, 4) is 0 Å². The molecule has 16 heavy (non-hydrogen) atoms. The van der Waals surface area contributed by atoms with Gasteiger partial charge in [0.15, 0.2) is 5.78 Å². The van der Waals surface area contributed by atoms with Crippen molar-refractivity contribution >= 4 is 29.2 Å². The SMILES string of the molecule is COC(=O)/C=C/c1ccc(C(=O)C2CC2)s1. The minimum Gasteiger partial charge on any atom is -0.466 e. The number of rotatable bonds is 4. The number of carbonyl (C=O) groups excluding carboxylic acids is 2. The molecule has 1 aromatic heterocycles. The molecule has 4 heteroatoms. The highest BCUT2D eigenvalue weighted by Gasteiger charge is 2.31. The van der Waals surface area contributed by atoms with Gasteiger partial charge in [-0.1, -0.05) is 0 Å². The number of hydrogen-bond acceptors (Lipinski definition) is 4. The smallest absolute Gasteiger partial charge is 0.330 e. The number of hydrogen-bond donors (Lipinski definition) is 0. The maximum Gasteiger partial charge on any atom is 0.330 e. The van der Waals surface area contributed by atoms with Crippen LogP contribution < -0.4 is 0 Å². The summed E-state index contributed by atoms with van der Waals surface area (Å²) in [6, 6.07) is 3.67. The lowest BCUT2D eigenvalue weighted by Gasteiger charge is -1.90. The lowest BCUT2D eigenvalue weighted by Crippen LogP contribution is -1.96. The van der Waals surface area contributed by atoms with Crippen molar-refractivity contribution in [2.24, 2.45) is 5.92 Å². The summed E-state index contributed by atoms with van der Waals surface area (Å²) in [4.78, 5) is 24.3. The normalized spacial score (nSPS) is 15.3. The van der Waals surface area contributed by atoms with E-state index in [-0.39, 0.29) is 17.7 Å². The molecule has 1 aromatic rings. The van der Waals surface area contributed by atoms with E-state index in [0.717, 1.165) is 22.6 Å². The van der Waals surface area contributed by atoms with Crippen LogP contribution in [-0.4, -0.2) is 18.9 Å². The van der Waals surface area contributed by atoms with Crippen molar-refractivity contribution in [1.82, 2.24) is 0 Å². The minimum atomic E-state index is -0.386. The van der Waals surface area contributed by atoms with Crippen molar-refractivity contribution in [3.63, 3.8) is 0 Å². The fourth-order valence-electron chi connectivity index (χ4n) is 1.34. The van der Waals surface area contributed by atoms with Gasteiger partial charge in [-0.25, -0.2) is 4.79 Å². The second kappa shape index (κ2) is 4.61. The Bertz CT molecular complexity index is 441. The van der Waals surface area contributed by atoms with Crippen LogP contribution in [0.1, 0.15) is 27.4 Å². The van der Waals surface area contributed by atoms with Crippen molar-refractivity contribution in [1.29, 1.82) is 0 Å². The van der Waals surface area contributed by atoms with Gasteiger partial charge in [0, 0.05) is 16.9 Å². The fourth-order valence-corrected chi connectivity index (χ4v) is 2.27. The highest BCUT2D eigenvalue weighted by atomic mass is 32.1. The molecule has 1 aliphatic carbocycles. The quantitative estimate of drug-likeness (QED) is 0.458. The average Bonchev–Trinajstić information content (AvgIpc) is 3.04. The Labute approximate surface area is 97.7 Å². The topological polar surface area (TPSA) is 43.4 Å². The Hall–Kier alpha value is -1.42. The van der Waals surface area contributed by atoms with Gasteiger partial charge < -0.3 is 4.74 Å². The number of methoxy groups -OCH3 is 1. The van der Waals surface area contributed by atoms with Crippen molar-refractivity contribution < 1.29 is 14.3 Å². The molecule has 0 aromatic carbocycles. The number of thiophene rings is 1. The molecule has 0 spiro atoms. The maximum atomic E-state index is 11.7. The van der Waals surface area contributed by atoms with Crippen LogP contribution in [0, 0.1) is 5.92 Å². The number of carbonyl (C=O) groups is 2. The van der Waals surface area contributed by atoms with Crippen LogP contribution in [0.5, 0.6) is 0 Å². The second-order valence-corrected chi connectivity index (χ2v) is 4.81. The van der Waals surface area contributed by atoms with E-state index in [9.17, 15) is 9.59 Å². The first-order valence-corrected chi connectivity index (χ1v) is 5.92. The third kappa shape index (κ3) is 2.58. The van der Waals surface area contributed by atoms with Gasteiger partial charge in [0.2, 0.25) is 0 Å². The lowest BCUT2D eigenvalue weighted by atomic mass is 10.2. The zero-order chi connectivity index (χ0) is 11.5. The van der Waals surface area contributed by atoms with E-state index < -0.39 is 0 Å². The third-order valence-corrected chi connectivity index (χ3v) is 3.47. The molecule has 0 bridgehead atoms. The third-order valence-electron chi connectivity index (χ3n) is 2.40. The zero-order valence-corrected chi connectivity index (χ0v) is 9.75. The van der Waals surface area contributed by atoms with E-state index in [1.54, 1.807) is 6.08 Å². The first-order valence-electron chi connectivity index (χ1n) is 5.11. The van der Waals surface area contributed by atoms with Gasteiger partial charge >= 0.3 is 5.97 Å². The Kier molecular flexibility index (Phi) is 3.19. The molecular formula is C12H12O3S. The average molecular weight is 236 g/mol. The van der Waals surface area contributed by atoms with Gasteiger partial charge in [-0.3, -0.25) is 4.79 Å². The largest absolute Gasteiger partial charge is 0.466 e. The van der Waals surface area contributed by atoms with Crippen LogP contribution in [0.15, 0.2) is 18.2 Å². The van der Waals surface area contributed by atoms with Crippen LogP contribution in [0.25, 0.3) is 6.08 Å². The molecule has 1 fully saturated rings. The number of Topliss-reactive ketones (excluding diaryl/α,β-unsaturated/α-hetero) is 1. The number of ketones is 1. The van der Waals surface area contributed by atoms with Crippen LogP contribution in [0.3, 0.4) is 0 Å². The van der Waals surface area contributed by atoms with Gasteiger partial charge in [0.25, 0.3) is 0 Å². The Morgan fingerprint density at radius 1 is 1.44 bits per heavy atom. The summed E-state index contributed by atoms with van der Waals surface area (Å²) >= 11 is 1.42. The molecule has 0 aliphatic heterocycles. The van der Waals surface area contributed by atoms with Crippen molar-refractivity contribution in [2.45, 2.75) is 12.8 Å². The molecule has 2 rings (SSSR count). The Morgan fingerprint density at radius 3 is 2.81 bits per heavy atom. The number of esters is 1. The summed E-state index contributed by atoms with van der Waals surface area (Å²) in [5.41, 5.74) is 0. The minimum absolute atomic E-state index is 0.239. The number of ether oxygens (including phenoxy) is 1. The van der Waals surface area contributed by atoms with Crippen LogP contribution in [0.2, 0.25) is 0 Å². The monoisotopic (exact) mass is 236 g/mol. The highest BCUT2D eigenvalue weighted by Crippen LogP contribution is 2.34. The Balaban J connectivity index is 2.04. The molecule has 0 saturated heterocycles. The van der Waals surface area contributed by atoms with Gasteiger partial charge in [-0.2, -0.15) is 0 Å². The highest BCUT2D eigenvalue weighted by molar-refractivity contribution is 7.14. The van der Waals surface area contributed by atoms with E-state index in [1.807, 2.05) is 12.1 Å². The first-order chi connectivity index (χ1) is 7.70. The van der Waals surface area contributed by atoms with E-state index in [2.05, 4.69) is 4.74 Å². The van der Waals surface area contributed by atoms with Crippen molar-refractivity contribution in [2.75, 3.05) is 7.11 Å². The fraction of sp³-hybridized carbons (Fsp3) is 0.333. The van der Waals surface area contributed by atoms with Crippen molar-refractivity contribution in [3.05, 3.63) is 28.0 Å². The van der Waals surface area contributed by atoms with Crippen LogP contribution >= 0.6 is 11.3 Å². The van der Waals surface area contributed by atoms with E-state index in [1.165, 1.54) is 24.5 Å². The summed E-state index contributed by atoms with van der Waals surface area (Å²) in [7, 11) is 1.34. The van der Waals surface area contributed by atoms with Crippen LogP contribution in [0.4, 0.5) is 0 Å². The maximum absolute atomic E-state index is 11.7. The molecular weight excluding hydrogens is 224 g/mol. The first kappa shape index (κ1) is 11.1. The predicted molar refractivity (Wildman–Crippen MR) is 62.4 cm³/mol. The predicted octanol–water partition coefficient (Wildman–Crippen LogP) is 2.53. The summed E-state index contributed by atoms with van der Waals surface area (Å²) < 4.78 is 4.49. The Morgan fingerprint density at radius 2 is 2.19 bits per heavy atom. The van der Waals surface area contributed by atoms with E-state index in [0.29, 0.717) is 0 Å². The standard InChI is InChI=1S/C12H12O3S/c1-15-11(13)7-5-9-4-6-10(16-9)12(14)8-2-3-8/h4-8H,2-3H2,1H3/b7-5+. The zero-order valence-electron chi connectivity index (χ0n) is 8.93. The summed E-state index contributed by atoms with van der Waals surface area (Å²) in [6.07, 6.45) is 5.06. The molecule has 0 radical (unpaired) electrons. The molecule has 0 unspecified atom stereocenters. The van der Waals surface area contributed by atoms with Gasteiger partial charge in [-0.05, 0) is 31.1 Å². The van der Waals surface area contributed by atoms with E-state index >= 15 is 0 Å². The molecule has 1 saturated carbocycles. The van der Waals surface area contributed by atoms with E-state index in [4.69, 9.17) is 0 Å². The summed E-state index contributed by atoms with van der Waals surface area (Å²) in [5.74, 6) is 0.0993.